The highest BCUT2D eigenvalue weighted by Crippen LogP contribution is 2.45. The van der Waals surface area contributed by atoms with Gasteiger partial charge < -0.3 is 9.84 Å². The van der Waals surface area contributed by atoms with Crippen LogP contribution in [-0.2, 0) is 0 Å². The van der Waals surface area contributed by atoms with Gasteiger partial charge in [-0.15, -0.1) is 0 Å². The lowest BCUT2D eigenvalue weighted by Gasteiger charge is -2.24. The number of aliphatic hydroxyl groups excluding tert-OH is 1. The third-order valence-electron chi connectivity index (χ3n) is 5.61. The van der Waals surface area contributed by atoms with Crippen LogP contribution in [0.15, 0.2) is 90.4 Å². The number of hydrogen-bond acceptors (Lipinski definition) is 4. The van der Waals surface area contributed by atoms with Crippen LogP contribution >= 0.6 is 11.6 Å². The Hall–Kier alpha value is -4.01. The predicted molar refractivity (Wildman–Crippen MR) is 123 cm³/mol. The summed E-state index contributed by atoms with van der Waals surface area (Å²) in [7, 11) is 0. The summed E-state index contributed by atoms with van der Waals surface area (Å²) in [4.78, 5) is 0. The molecule has 1 unspecified atom stereocenters. The molecule has 5 rings (SSSR count). The molecular formula is C26H18ClN3O2. The summed E-state index contributed by atoms with van der Waals surface area (Å²) in [6.07, 6.45) is 0. The Kier molecular flexibility index (Phi) is 4.93. The SMILES string of the molecule is Cc1nn(-c2ccc(Cl)cc2)c2c1C(c1ccc(-c3ccccc3)cc1)C(C#N)=C(O)O2. The Bertz CT molecular complexity index is 1370. The van der Waals surface area contributed by atoms with Crippen molar-refractivity contribution in [3.05, 3.63) is 112 Å². The molecule has 1 atom stereocenters. The number of aliphatic hydroxyl groups is 1. The molecule has 1 aliphatic heterocycles. The van der Waals surface area contributed by atoms with Crippen LogP contribution in [0.4, 0.5) is 0 Å². The van der Waals surface area contributed by atoms with Gasteiger partial charge in [0.25, 0.3) is 5.95 Å². The number of rotatable bonds is 3. The van der Waals surface area contributed by atoms with Crippen LogP contribution < -0.4 is 4.74 Å². The van der Waals surface area contributed by atoms with Crippen LogP contribution in [-0.4, -0.2) is 14.9 Å². The molecular weight excluding hydrogens is 422 g/mol. The molecule has 0 amide bonds. The maximum Gasteiger partial charge on any atom is 0.298 e. The average molecular weight is 440 g/mol. The lowest BCUT2D eigenvalue weighted by Crippen LogP contribution is -2.17. The molecule has 3 aromatic carbocycles. The number of aryl methyl sites for hydroxylation is 1. The lowest BCUT2D eigenvalue weighted by atomic mass is 9.84. The molecule has 1 N–H and O–H groups in total. The van der Waals surface area contributed by atoms with Gasteiger partial charge in [-0.3, -0.25) is 0 Å². The first-order chi connectivity index (χ1) is 15.6. The van der Waals surface area contributed by atoms with Gasteiger partial charge in [-0.2, -0.15) is 10.4 Å². The Morgan fingerprint density at radius 3 is 2.28 bits per heavy atom. The minimum absolute atomic E-state index is 0.156. The largest absolute Gasteiger partial charge is 0.480 e. The smallest absolute Gasteiger partial charge is 0.298 e. The molecule has 0 spiro atoms. The van der Waals surface area contributed by atoms with Crippen LogP contribution in [0.3, 0.4) is 0 Å². The summed E-state index contributed by atoms with van der Waals surface area (Å²) in [5.41, 5.74) is 5.42. The highest BCUT2D eigenvalue weighted by Gasteiger charge is 2.37. The zero-order valence-corrected chi connectivity index (χ0v) is 17.9. The molecule has 2 heterocycles. The van der Waals surface area contributed by atoms with Crippen molar-refractivity contribution in [2.75, 3.05) is 0 Å². The summed E-state index contributed by atoms with van der Waals surface area (Å²) in [5.74, 6) is -0.514. The third-order valence-corrected chi connectivity index (χ3v) is 5.86. The fourth-order valence-corrected chi connectivity index (χ4v) is 4.19. The van der Waals surface area contributed by atoms with Crippen molar-refractivity contribution < 1.29 is 9.84 Å². The Balaban J connectivity index is 1.63. The van der Waals surface area contributed by atoms with Crippen LogP contribution in [0, 0.1) is 18.3 Å². The number of fused-ring (bicyclic) bond motifs is 1. The first-order valence-electron chi connectivity index (χ1n) is 10.1. The van der Waals surface area contributed by atoms with Crippen molar-refractivity contribution >= 4 is 11.6 Å². The maximum atomic E-state index is 10.6. The average Bonchev–Trinajstić information content (AvgIpc) is 3.15. The normalized spacial score (nSPS) is 15.1. The molecule has 6 heteroatoms. The van der Waals surface area contributed by atoms with Gasteiger partial charge in [-0.25, -0.2) is 4.68 Å². The predicted octanol–water partition coefficient (Wildman–Crippen LogP) is 6.32. The number of allylic oxidation sites excluding steroid dienone is 1. The Labute approximate surface area is 190 Å². The van der Waals surface area contributed by atoms with Crippen molar-refractivity contribution in [3.63, 3.8) is 0 Å². The quantitative estimate of drug-likeness (QED) is 0.405. The van der Waals surface area contributed by atoms with E-state index < -0.39 is 11.9 Å². The first kappa shape index (κ1) is 19.9. The van der Waals surface area contributed by atoms with E-state index in [1.807, 2.05) is 73.7 Å². The Morgan fingerprint density at radius 2 is 1.62 bits per heavy atom. The van der Waals surface area contributed by atoms with E-state index in [9.17, 15) is 10.4 Å². The first-order valence-corrected chi connectivity index (χ1v) is 10.5. The van der Waals surface area contributed by atoms with Gasteiger partial charge in [0.05, 0.1) is 22.9 Å². The third kappa shape index (κ3) is 3.31. The molecule has 0 fully saturated rings. The molecule has 5 nitrogen and oxygen atoms in total. The molecule has 4 aromatic rings. The summed E-state index contributed by atoms with van der Waals surface area (Å²) in [6.45, 7) is 1.87. The number of halogens is 1. The number of nitrogens with zero attached hydrogens (tertiary/aromatic N) is 3. The molecule has 32 heavy (non-hydrogen) atoms. The van der Waals surface area contributed by atoms with E-state index in [4.69, 9.17) is 16.3 Å². The fourth-order valence-electron chi connectivity index (χ4n) is 4.06. The summed E-state index contributed by atoms with van der Waals surface area (Å²) >= 11 is 6.02. The number of aromatic nitrogens is 2. The van der Waals surface area contributed by atoms with Crippen LogP contribution in [0.1, 0.15) is 22.7 Å². The second-order valence-electron chi connectivity index (χ2n) is 7.55. The highest BCUT2D eigenvalue weighted by atomic mass is 35.5. The topological polar surface area (TPSA) is 71.1 Å². The molecule has 1 aromatic heterocycles. The fraction of sp³-hybridized carbons (Fsp3) is 0.0769. The standard InChI is InChI=1S/C26H18ClN3O2/c1-16-23-24(19-9-7-18(8-10-19)17-5-3-2-4-6-17)22(15-28)26(31)32-25(23)30(29-16)21-13-11-20(27)12-14-21/h2-14,24,31H,1H3. The zero-order chi connectivity index (χ0) is 22.2. The molecule has 0 saturated heterocycles. The summed E-state index contributed by atoms with van der Waals surface area (Å²) in [5, 5.41) is 25.6. The van der Waals surface area contributed by atoms with E-state index in [0.717, 1.165) is 27.9 Å². The van der Waals surface area contributed by atoms with Gasteiger partial charge in [0.2, 0.25) is 5.88 Å². The number of ether oxygens (including phenoxy) is 1. The van der Waals surface area contributed by atoms with Crippen molar-refractivity contribution in [2.45, 2.75) is 12.8 Å². The van der Waals surface area contributed by atoms with Gasteiger partial charge in [0.15, 0.2) is 0 Å². The molecule has 156 valence electrons. The lowest BCUT2D eigenvalue weighted by molar-refractivity contribution is 0.185. The van der Waals surface area contributed by atoms with E-state index in [1.165, 1.54) is 0 Å². The summed E-state index contributed by atoms with van der Waals surface area (Å²) in [6, 6.07) is 27.4. The molecule has 0 bridgehead atoms. The molecule has 0 radical (unpaired) electrons. The van der Waals surface area contributed by atoms with Gasteiger partial charge in [-0.1, -0.05) is 66.2 Å². The Morgan fingerprint density at radius 1 is 0.969 bits per heavy atom. The van der Waals surface area contributed by atoms with Crippen molar-refractivity contribution in [1.82, 2.24) is 9.78 Å². The van der Waals surface area contributed by atoms with Crippen LogP contribution in [0.2, 0.25) is 5.02 Å². The van der Waals surface area contributed by atoms with Crippen molar-refractivity contribution in [1.29, 1.82) is 5.26 Å². The molecule has 1 aliphatic rings. The van der Waals surface area contributed by atoms with Gasteiger partial charge in [0.1, 0.15) is 11.6 Å². The minimum atomic E-state index is -0.491. The second-order valence-corrected chi connectivity index (χ2v) is 7.98. The van der Waals surface area contributed by atoms with Crippen molar-refractivity contribution in [3.8, 4) is 28.8 Å². The van der Waals surface area contributed by atoms with E-state index in [-0.39, 0.29) is 5.57 Å². The van der Waals surface area contributed by atoms with Gasteiger partial charge in [-0.05, 0) is 47.9 Å². The van der Waals surface area contributed by atoms with Crippen molar-refractivity contribution in [2.24, 2.45) is 0 Å². The highest BCUT2D eigenvalue weighted by molar-refractivity contribution is 6.30. The van der Waals surface area contributed by atoms with Gasteiger partial charge in [0, 0.05) is 5.02 Å². The number of nitriles is 1. The van der Waals surface area contributed by atoms with Crippen LogP contribution in [0.25, 0.3) is 16.8 Å². The minimum Gasteiger partial charge on any atom is -0.480 e. The molecule has 0 aliphatic carbocycles. The van der Waals surface area contributed by atoms with E-state index in [0.29, 0.717) is 16.6 Å². The molecule has 0 saturated carbocycles. The van der Waals surface area contributed by atoms with E-state index in [2.05, 4.69) is 11.2 Å². The van der Waals surface area contributed by atoms with Gasteiger partial charge >= 0.3 is 0 Å². The van der Waals surface area contributed by atoms with E-state index >= 15 is 0 Å². The zero-order valence-electron chi connectivity index (χ0n) is 17.2. The number of hydrogen-bond donors (Lipinski definition) is 1. The maximum absolute atomic E-state index is 10.6. The second kappa shape index (κ2) is 7.92. The monoisotopic (exact) mass is 439 g/mol. The number of benzene rings is 3. The van der Waals surface area contributed by atoms with E-state index in [1.54, 1.807) is 16.8 Å². The van der Waals surface area contributed by atoms with Crippen LogP contribution in [0.5, 0.6) is 5.88 Å². The summed E-state index contributed by atoms with van der Waals surface area (Å²) < 4.78 is 7.32.